The van der Waals surface area contributed by atoms with Crippen LogP contribution in [0, 0.1) is 5.82 Å². The summed E-state index contributed by atoms with van der Waals surface area (Å²) < 4.78 is 13.2. The van der Waals surface area contributed by atoms with Crippen molar-refractivity contribution in [3.63, 3.8) is 0 Å². The molecule has 0 amide bonds. The topological polar surface area (TPSA) is 38.4 Å². The first-order valence-corrected chi connectivity index (χ1v) is 5.27. The van der Waals surface area contributed by atoms with Gasteiger partial charge in [0.15, 0.2) is 0 Å². The highest BCUT2D eigenvalue weighted by Crippen LogP contribution is 2.20. The third-order valence-corrected chi connectivity index (χ3v) is 2.68. The number of thiophene rings is 1. The van der Waals surface area contributed by atoms with Gasteiger partial charge in [0.05, 0.1) is 10.7 Å². The predicted octanol–water partition coefficient (Wildman–Crippen LogP) is 3.22. The van der Waals surface area contributed by atoms with Gasteiger partial charge in [-0.25, -0.2) is 4.39 Å². The lowest BCUT2D eigenvalue weighted by atomic mass is 10.3. The number of halogens is 1. The van der Waals surface area contributed by atoms with E-state index in [0.717, 1.165) is 5.56 Å². The van der Waals surface area contributed by atoms with Gasteiger partial charge in [0.1, 0.15) is 5.82 Å². The molecule has 15 heavy (non-hydrogen) atoms. The lowest BCUT2D eigenvalue weighted by molar-refractivity contribution is 0.630. The van der Waals surface area contributed by atoms with Crippen molar-refractivity contribution in [2.75, 3.05) is 5.73 Å². The number of nitrogens with zero attached hydrogens (tertiary/aromatic N) is 1. The summed E-state index contributed by atoms with van der Waals surface area (Å²) in [5, 5.41) is 2.56. The summed E-state index contributed by atoms with van der Waals surface area (Å²) in [6.07, 6.45) is 1.57. The highest BCUT2D eigenvalue weighted by Gasteiger charge is 1.98. The summed E-state index contributed by atoms with van der Waals surface area (Å²) in [6.45, 7) is 0. The summed E-state index contributed by atoms with van der Waals surface area (Å²) in [5.74, 6) is -0.331. The van der Waals surface area contributed by atoms with Gasteiger partial charge in [-0.05, 0) is 23.6 Å². The lowest BCUT2D eigenvalue weighted by Gasteiger charge is -1.94. The SMILES string of the molecule is Nc1sccc1/C=N/c1ccccc1F. The number of hydrogen-bond donors (Lipinski definition) is 1. The number of hydrogen-bond acceptors (Lipinski definition) is 3. The van der Waals surface area contributed by atoms with Crippen LogP contribution in [0.15, 0.2) is 40.7 Å². The summed E-state index contributed by atoms with van der Waals surface area (Å²) in [4.78, 5) is 4.04. The van der Waals surface area contributed by atoms with Crippen molar-refractivity contribution in [3.05, 3.63) is 47.1 Å². The first kappa shape index (κ1) is 9.86. The number of nitrogens with two attached hydrogens (primary N) is 1. The summed E-state index contributed by atoms with van der Waals surface area (Å²) in [5.41, 5.74) is 6.82. The minimum absolute atomic E-state index is 0.322. The number of rotatable bonds is 2. The Morgan fingerprint density at radius 2 is 2.07 bits per heavy atom. The molecule has 0 saturated carbocycles. The van der Waals surface area contributed by atoms with Crippen LogP contribution in [0.5, 0.6) is 0 Å². The minimum atomic E-state index is -0.331. The van der Waals surface area contributed by atoms with Crippen LogP contribution in [0.25, 0.3) is 0 Å². The molecule has 2 rings (SSSR count). The lowest BCUT2D eigenvalue weighted by Crippen LogP contribution is -1.85. The standard InChI is InChI=1S/C11H9FN2S/c12-9-3-1-2-4-10(9)14-7-8-5-6-15-11(8)13/h1-7H,13H2/b14-7+. The van der Waals surface area contributed by atoms with Crippen molar-refractivity contribution in [3.8, 4) is 0 Å². The fourth-order valence-corrected chi connectivity index (χ4v) is 1.75. The third kappa shape index (κ3) is 2.22. The van der Waals surface area contributed by atoms with Crippen LogP contribution < -0.4 is 5.73 Å². The highest BCUT2D eigenvalue weighted by atomic mass is 32.1. The van der Waals surface area contributed by atoms with E-state index in [2.05, 4.69) is 4.99 Å². The fraction of sp³-hybridized carbons (Fsp3) is 0. The molecule has 0 aliphatic heterocycles. The van der Waals surface area contributed by atoms with Crippen LogP contribution in [-0.2, 0) is 0 Å². The predicted molar refractivity (Wildman–Crippen MR) is 62.4 cm³/mol. The molecule has 2 aromatic rings. The Balaban J connectivity index is 2.26. The van der Waals surface area contributed by atoms with Crippen LogP contribution >= 0.6 is 11.3 Å². The van der Waals surface area contributed by atoms with Gasteiger partial charge in [-0.15, -0.1) is 11.3 Å². The van der Waals surface area contributed by atoms with Crippen molar-refractivity contribution in [1.82, 2.24) is 0 Å². The van der Waals surface area contributed by atoms with Gasteiger partial charge in [-0.1, -0.05) is 12.1 Å². The molecule has 0 fully saturated rings. The van der Waals surface area contributed by atoms with E-state index in [4.69, 9.17) is 5.73 Å². The molecule has 0 radical (unpaired) electrons. The summed E-state index contributed by atoms with van der Waals surface area (Å²) >= 11 is 1.44. The van der Waals surface area contributed by atoms with Crippen LogP contribution in [-0.4, -0.2) is 6.21 Å². The van der Waals surface area contributed by atoms with Crippen molar-refractivity contribution in [1.29, 1.82) is 0 Å². The zero-order valence-electron chi connectivity index (χ0n) is 7.85. The van der Waals surface area contributed by atoms with Crippen LogP contribution in [0.4, 0.5) is 15.1 Å². The van der Waals surface area contributed by atoms with Crippen LogP contribution in [0.2, 0.25) is 0 Å². The Kier molecular flexibility index (Phi) is 2.78. The van der Waals surface area contributed by atoms with Gasteiger partial charge < -0.3 is 5.73 Å². The average Bonchev–Trinajstić information content (AvgIpc) is 2.63. The first-order valence-electron chi connectivity index (χ1n) is 4.39. The highest BCUT2D eigenvalue weighted by molar-refractivity contribution is 7.14. The Morgan fingerprint density at radius 3 is 2.73 bits per heavy atom. The van der Waals surface area contributed by atoms with Crippen LogP contribution in [0.3, 0.4) is 0 Å². The van der Waals surface area contributed by atoms with E-state index in [0.29, 0.717) is 10.7 Å². The molecule has 0 atom stereocenters. The molecule has 0 aliphatic carbocycles. The number of anilines is 1. The van der Waals surface area contributed by atoms with Gasteiger partial charge in [0.25, 0.3) is 0 Å². The first-order chi connectivity index (χ1) is 7.27. The minimum Gasteiger partial charge on any atom is -0.390 e. The summed E-state index contributed by atoms with van der Waals surface area (Å²) in [6, 6.07) is 8.22. The van der Waals surface area contributed by atoms with Crippen molar-refractivity contribution in [2.24, 2.45) is 4.99 Å². The van der Waals surface area contributed by atoms with Gasteiger partial charge in [-0.3, -0.25) is 4.99 Å². The molecule has 0 saturated heterocycles. The number of benzene rings is 1. The molecule has 1 aromatic carbocycles. The van der Waals surface area contributed by atoms with E-state index in [9.17, 15) is 4.39 Å². The zero-order chi connectivity index (χ0) is 10.7. The second-order valence-corrected chi connectivity index (χ2v) is 3.90. The Morgan fingerprint density at radius 1 is 1.27 bits per heavy atom. The molecule has 2 N–H and O–H groups in total. The van der Waals surface area contributed by atoms with Crippen molar-refractivity contribution < 1.29 is 4.39 Å². The monoisotopic (exact) mass is 220 g/mol. The van der Waals surface area contributed by atoms with Crippen molar-refractivity contribution >= 4 is 28.2 Å². The second-order valence-electron chi connectivity index (χ2n) is 2.95. The molecule has 0 unspecified atom stereocenters. The second kappa shape index (κ2) is 4.23. The molecule has 76 valence electrons. The molecule has 0 bridgehead atoms. The van der Waals surface area contributed by atoms with E-state index in [1.807, 2.05) is 11.4 Å². The van der Waals surface area contributed by atoms with E-state index in [-0.39, 0.29) is 5.82 Å². The smallest absolute Gasteiger partial charge is 0.148 e. The Bertz CT molecular complexity index is 491. The molecular formula is C11H9FN2S. The molecule has 4 heteroatoms. The maximum Gasteiger partial charge on any atom is 0.148 e. The molecule has 0 aliphatic rings. The van der Waals surface area contributed by atoms with E-state index >= 15 is 0 Å². The Hall–Kier alpha value is -1.68. The van der Waals surface area contributed by atoms with E-state index in [1.54, 1.807) is 24.4 Å². The van der Waals surface area contributed by atoms with Crippen molar-refractivity contribution in [2.45, 2.75) is 0 Å². The van der Waals surface area contributed by atoms with Gasteiger partial charge >= 0.3 is 0 Å². The van der Waals surface area contributed by atoms with Gasteiger partial charge in [-0.2, -0.15) is 0 Å². The fourth-order valence-electron chi connectivity index (χ4n) is 1.13. The van der Waals surface area contributed by atoms with E-state index < -0.39 is 0 Å². The van der Waals surface area contributed by atoms with Crippen LogP contribution in [0.1, 0.15) is 5.56 Å². The quantitative estimate of drug-likeness (QED) is 0.775. The molecular weight excluding hydrogens is 211 g/mol. The normalized spacial score (nSPS) is 11.0. The maximum absolute atomic E-state index is 13.2. The van der Waals surface area contributed by atoms with Gasteiger partial charge in [0.2, 0.25) is 0 Å². The molecule has 1 heterocycles. The largest absolute Gasteiger partial charge is 0.390 e. The third-order valence-electron chi connectivity index (χ3n) is 1.92. The summed E-state index contributed by atoms with van der Waals surface area (Å²) in [7, 11) is 0. The molecule has 2 nitrogen and oxygen atoms in total. The molecule has 0 spiro atoms. The number of aliphatic imine (C=N–C) groups is 1. The number of para-hydroxylation sites is 1. The molecule has 1 aromatic heterocycles. The van der Waals surface area contributed by atoms with Gasteiger partial charge in [0, 0.05) is 11.8 Å². The van der Waals surface area contributed by atoms with E-state index in [1.165, 1.54) is 17.4 Å². The average molecular weight is 220 g/mol. The number of nitrogen functional groups attached to an aromatic ring is 1. The Labute approximate surface area is 90.9 Å². The zero-order valence-corrected chi connectivity index (χ0v) is 8.67. The maximum atomic E-state index is 13.2.